The number of carbonyl (C=O) groups excluding carboxylic acids is 2. The number of ketones is 1. The van der Waals surface area contributed by atoms with E-state index in [0.717, 1.165) is 27.9 Å². The van der Waals surface area contributed by atoms with Crippen LogP contribution in [-0.2, 0) is 15.0 Å². The zero-order valence-corrected chi connectivity index (χ0v) is 18.5. The Labute approximate surface area is 191 Å². The van der Waals surface area contributed by atoms with Crippen LogP contribution in [0.1, 0.15) is 46.9 Å². The molecule has 1 amide bonds. The van der Waals surface area contributed by atoms with Crippen molar-refractivity contribution in [3.05, 3.63) is 99.0 Å². The standard InChI is InChI=1S/C26H21Cl2NO2/c1-15-5-2-3-8-20(15)23-14-19(30)13-22(16-6-4-7-17(27)11-16)26(23)21-10-9-18(28)12-24(21)29-25(26)31/h2-12,22-23H,13-14H2,1H3,(H,29,31)/t22-,23+,26-/m0/s1. The van der Waals surface area contributed by atoms with Crippen LogP contribution >= 0.6 is 23.2 Å². The summed E-state index contributed by atoms with van der Waals surface area (Å²) in [6.07, 6.45) is 0.607. The van der Waals surface area contributed by atoms with E-state index in [1.165, 1.54) is 0 Å². The molecule has 5 heteroatoms. The molecule has 1 saturated carbocycles. The Balaban J connectivity index is 1.83. The number of amides is 1. The van der Waals surface area contributed by atoms with Crippen LogP contribution in [0.2, 0.25) is 10.0 Å². The average Bonchev–Trinajstić information content (AvgIpc) is 3.01. The van der Waals surface area contributed by atoms with Crippen LogP contribution in [0.25, 0.3) is 0 Å². The van der Waals surface area contributed by atoms with Gasteiger partial charge in [-0.1, -0.05) is 65.7 Å². The zero-order valence-electron chi connectivity index (χ0n) is 17.0. The first-order valence-corrected chi connectivity index (χ1v) is 11.1. The summed E-state index contributed by atoms with van der Waals surface area (Å²) < 4.78 is 0. The van der Waals surface area contributed by atoms with E-state index in [1.807, 2.05) is 67.6 Å². The molecule has 1 aliphatic heterocycles. The Bertz CT molecular complexity index is 1220. The fraction of sp³-hybridized carbons (Fsp3) is 0.231. The van der Waals surface area contributed by atoms with Crippen molar-refractivity contribution in [1.82, 2.24) is 0 Å². The van der Waals surface area contributed by atoms with Gasteiger partial charge in [0.05, 0.1) is 5.41 Å². The summed E-state index contributed by atoms with van der Waals surface area (Å²) in [6.45, 7) is 2.03. The molecule has 0 aromatic heterocycles. The molecule has 3 nitrogen and oxygen atoms in total. The normalized spacial score (nSPS) is 24.9. The monoisotopic (exact) mass is 449 g/mol. The van der Waals surface area contributed by atoms with Crippen molar-refractivity contribution in [2.24, 2.45) is 0 Å². The molecule has 3 aromatic rings. The number of hydrogen-bond acceptors (Lipinski definition) is 2. The minimum absolute atomic E-state index is 0.0875. The van der Waals surface area contributed by atoms with Crippen molar-refractivity contribution in [3.8, 4) is 0 Å². The molecule has 2 aliphatic rings. The lowest BCUT2D eigenvalue weighted by Crippen LogP contribution is -2.50. The fourth-order valence-corrected chi connectivity index (χ4v) is 5.93. The van der Waals surface area contributed by atoms with Crippen LogP contribution in [0.4, 0.5) is 5.69 Å². The van der Waals surface area contributed by atoms with E-state index >= 15 is 0 Å². The van der Waals surface area contributed by atoms with Crippen LogP contribution < -0.4 is 5.32 Å². The highest BCUT2D eigenvalue weighted by molar-refractivity contribution is 6.31. The molecule has 0 bridgehead atoms. The maximum atomic E-state index is 13.9. The summed E-state index contributed by atoms with van der Waals surface area (Å²) in [7, 11) is 0. The molecule has 1 heterocycles. The van der Waals surface area contributed by atoms with Crippen molar-refractivity contribution in [2.45, 2.75) is 37.0 Å². The first-order valence-electron chi connectivity index (χ1n) is 10.4. The SMILES string of the molecule is Cc1ccccc1[C@H]1CC(=O)C[C@@H](c2cccc(Cl)c2)[C@]12C(=O)Nc1cc(Cl)ccc12. The van der Waals surface area contributed by atoms with Gasteiger partial charge in [-0.05, 0) is 53.4 Å². The Morgan fingerprint density at radius 2 is 1.61 bits per heavy atom. The number of carbonyl (C=O) groups is 2. The summed E-state index contributed by atoms with van der Waals surface area (Å²) in [5.41, 5.74) is 3.69. The van der Waals surface area contributed by atoms with E-state index < -0.39 is 5.41 Å². The maximum absolute atomic E-state index is 13.9. The van der Waals surface area contributed by atoms with Crippen molar-refractivity contribution in [2.75, 3.05) is 5.32 Å². The predicted octanol–water partition coefficient (Wildman–Crippen LogP) is 6.42. The average molecular weight is 450 g/mol. The van der Waals surface area contributed by atoms with Crippen molar-refractivity contribution >= 4 is 40.6 Å². The van der Waals surface area contributed by atoms with E-state index in [2.05, 4.69) is 5.32 Å². The Kier molecular flexibility index (Phi) is 4.91. The summed E-state index contributed by atoms with van der Waals surface area (Å²) in [4.78, 5) is 26.9. The molecule has 0 unspecified atom stereocenters. The molecule has 0 saturated heterocycles. The third-order valence-electron chi connectivity index (χ3n) is 6.83. The molecule has 1 N–H and O–H groups in total. The zero-order chi connectivity index (χ0) is 21.8. The van der Waals surface area contributed by atoms with Gasteiger partial charge in [0.2, 0.25) is 5.91 Å². The van der Waals surface area contributed by atoms with Crippen molar-refractivity contribution < 1.29 is 9.59 Å². The quantitative estimate of drug-likeness (QED) is 0.490. The lowest BCUT2D eigenvalue weighted by atomic mass is 9.53. The molecule has 5 rings (SSSR count). The number of aryl methyl sites for hydroxylation is 1. The van der Waals surface area contributed by atoms with E-state index in [4.69, 9.17) is 23.2 Å². The molecule has 31 heavy (non-hydrogen) atoms. The van der Waals surface area contributed by atoms with E-state index in [-0.39, 0.29) is 29.9 Å². The lowest BCUT2D eigenvalue weighted by molar-refractivity contribution is -0.128. The first kappa shape index (κ1) is 20.3. The van der Waals surface area contributed by atoms with Gasteiger partial charge < -0.3 is 5.32 Å². The minimum atomic E-state index is -0.926. The molecule has 156 valence electrons. The van der Waals surface area contributed by atoms with Gasteiger partial charge in [-0.15, -0.1) is 0 Å². The Morgan fingerprint density at radius 1 is 0.871 bits per heavy atom. The lowest BCUT2D eigenvalue weighted by Gasteiger charge is -2.46. The minimum Gasteiger partial charge on any atom is -0.325 e. The van der Waals surface area contributed by atoms with Gasteiger partial charge in [-0.25, -0.2) is 0 Å². The van der Waals surface area contributed by atoms with Gasteiger partial charge in [0.15, 0.2) is 0 Å². The van der Waals surface area contributed by atoms with Crippen LogP contribution in [0.15, 0.2) is 66.7 Å². The van der Waals surface area contributed by atoms with Gasteiger partial charge in [0, 0.05) is 40.4 Å². The first-order chi connectivity index (χ1) is 14.9. The van der Waals surface area contributed by atoms with Crippen LogP contribution in [0, 0.1) is 6.92 Å². The number of fused-ring (bicyclic) bond motifs is 2. The molecule has 1 aliphatic carbocycles. The largest absolute Gasteiger partial charge is 0.325 e. The number of rotatable bonds is 2. The Hall–Kier alpha value is -2.62. The number of hydrogen-bond donors (Lipinski definition) is 1. The highest BCUT2D eigenvalue weighted by Gasteiger charge is 2.60. The smallest absolute Gasteiger partial charge is 0.236 e. The molecule has 3 aromatic carbocycles. The molecule has 0 radical (unpaired) electrons. The van der Waals surface area contributed by atoms with E-state index in [9.17, 15) is 9.59 Å². The number of benzene rings is 3. The van der Waals surface area contributed by atoms with E-state index in [1.54, 1.807) is 6.07 Å². The number of nitrogens with one attached hydrogen (secondary N) is 1. The van der Waals surface area contributed by atoms with Crippen LogP contribution in [0.3, 0.4) is 0 Å². The molecular formula is C26H21Cl2NO2. The second-order valence-electron chi connectivity index (χ2n) is 8.48. The van der Waals surface area contributed by atoms with Gasteiger partial charge in [-0.3, -0.25) is 9.59 Å². The molecule has 3 atom stereocenters. The maximum Gasteiger partial charge on any atom is 0.236 e. The molecule has 1 spiro atoms. The second-order valence-corrected chi connectivity index (χ2v) is 9.35. The summed E-state index contributed by atoms with van der Waals surface area (Å²) >= 11 is 12.6. The third kappa shape index (κ3) is 3.10. The summed E-state index contributed by atoms with van der Waals surface area (Å²) in [5, 5.41) is 4.23. The number of halogens is 2. The number of Topliss-reactive ketones (excluding diaryl/α,β-unsaturated/α-hetero) is 1. The number of anilines is 1. The van der Waals surface area contributed by atoms with Gasteiger partial charge in [0.1, 0.15) is 5.78 Å². The van der Waals surface area contributed by atoms with Crippen LogP contribution in [0.5, 0.6) is 0 Å². The molecular weight excluding hydrogens is 429 g/mol. The highest BCUT2D eigenvalue weighted by Crippen LogP contribution is 2.60. The topological polar surface area (TPSA) is 46.2 Å². The van der Waals surface area contributed by atoms with Gasteiger partial charge >= 0.3 is 0 Å². The highest BCUT2D eigenvalue weighted by atomic mass is 35.5. The summed E-state index contributed by atoms with van der Waals surface area (Å²) in [6, 6.07) is 21.1. The Morgan fingerprint density at radius 3 is 2.39 bits per heavy atom. The van der Waals surface area contributed by atoms with Gasteiger partial charge in [-0.2, -0.15) is 0 Å². The van der Waals surface area contributed by atoms with Crippen molar-refractivity contribution in [3.63, 3.8) is 0 Å². The van der Waals surface area contributed by atoms with E-state index in [0.29, 0.717) is 16.5 Å². The molecule has 1 fully saturated rings. The van der Waals surface area contributed by atoms with Crippen molar-refractivity contribution in [1.29, 1.82) is 0 Å². The summed E-state index contributed by atoms with van der Waals surface area (Å²) in [5.74, 6) is -0.560. The predicted molar refractivity (Wildman–Crippen MR) is 124 cm³/mol. The van der Waals surface area contributed by atoms with Crippen LogP contribution in [-0.4, -0.2) is 11.7 Å². The second kappa shape index (κ2) is 7.51. The fourth-order valence-electron chi connectivity index (χ4n) is 5.56. The van der Waals surface area contributed by atoms with Gasteiger partial charge in [0.25, 0.3) is 0 Å². The third-order valence-corrected chi connectivity index (χ3v) is 7.30.